The van der Waals surface area contributed by atoms with Crippen molar-refractivity contribution >= 4 is 32.5 Å². The molecule has 0 fully saturated rings. The van der Waals surface area contributed by atoms with E-state index in [1.54, 1.807) is 0 Å². The molecule has 0 spiro atoms. The number of hydrogen-bond acceptors (Lipinski definition) is 5. The van der Waals surface area contributed by atoms with Crippen molar-refractivity contribution in [3.63, 3.8) is 0 Å². The number of hydrogen-bond donors (Lipinski definition) is 3. The fraction of sp³-hybridized carbons (Fsp3) is 0.300. The first-order valence-corrected chi connectivity index (χ1v) is 6.20. The summed E-state index contributed by atoms with van der Waals surface area (Å²) in [7, 11) is 0. The summed E-state index contributed by atoms with van der Waals surface area (Å²) >= 11 is 3.04. The number of aliphatic hydroxyl groups excluding tert-OH is 2. The van der Waals surface area contributed by atoms with Crippen LogP contribution in [0.5, 0.6) is 0 Å². The molecule has 0 saturated heterocycles. The molecule has 1 heterocycles. The highest BCUT2D eigenvalue weighted by Crippen LogP contribution is 2.30. The van der Waals surface area contributed by atoms with E-state index in [9.17, 15) is 20.3 Å². The molecule has 0 aliphatic rings. The van der Waals surface area contributed by atoms with Crippen LogP contribution >= 0.6 is 15.9 Å². The van der Waals surface area contributed by atoms with Gasteiger partial charge < -0.3 is 10.2 Å². The van der Waals surface area contributed by atoms with Gasteiger partial charge in [-0.3, -0.25) is 15.2 Å². The Kier molecular flexibility index (Phi) is 3.60. The highest BCUT2D eigenvalue weighted by molar-refractivity contribution is 9.09. The fourth-order valence-electron chi connectivity index (χ4n) is 1.68. The lowest BCUT2D eigenvalue weighted by Crippen LogP contribution is -2.19. The molecule has 1 aromatic carbocycles. The molecule has 0 amide bonds. The lowest BCUT2D eigenvalue weighted by atomic mass is 10.0. The summed E-state index contributed by atoms with van der Waals surface area (Å²) in [6.07, 6.45) is -0.884. The molecule has 2 atom stereocenters. The zero-order chi connectivity index (χ0) is 13.3. The SMILES string of the molecule is O=[N+]([O-])c1cc(C(O)C(O)CBr)cc2[nH]ncc12. The third kappa shape index (κ3) is 2.22. The molecule has 7 nitrogen and oxygen atoms in total. The Bertz CT molecular complexity index is 586. The van der Waals surface area contributed by atoms with E-state index in [0.29, 0.717) is 10.9 Å². The maximum Gasteiger partial charge on any atom is 0.280 e. The Hall–Kier alpha value is -1.51. The highest BCUT2D eigenvalue weighted by atomic mass is 79.9. The molecule has 3 N–H and O–H groups in total. The van der Waals surface area contributed by atoms with E-state index in [1.807, 2.05) is 0 Å². The fourth-order valence-corrected chi connectivity index (χ4v) is 2.04. The van der Waals surface area contributed by atoms with Crippen LogP contribution in [0.1, 0.15) is 11.7 Å². The summed E-state index contributed by atoms with van der Waals surface area (Å²) in [5, 5.41) is 37.2. The van der Waals surface area contributed by atoms with Crippen molar-refractivity contribution in [3.8, 4) is 0 Å². The molecule has 2 aromatic rings. The summed E-state index contributed by atoms with van der Waals surface area (Å²) in [4.78, 5) is 10.4. The van der Waals surface area contributed by atoms with Crippen molar-refractivity contribution in [2.75, 3.05) is 5.33 Å². The number of H-pyrrole nitrogens is 1. The minimum Gasteiger partial charge on any atom is -0.389 e. The minimum atomic E-state index is -1.20. The maximum absolute atomic E-state index is 10.9. The molecule has 0 bridgehead atoms. The van der Waals surface area contributed by atoms with Gasteiger partial charge in [0.15, 0.2) is 0 Å². The van der Waals surface area contributed by atoms with Gasteiger partial charge in [0.05, 0.1) is 28.1 Å². The highest BCUT2D eigenvalue weighted by Gasteiger charge is 2.22. The maximum atomic E-state index is 10.9. The quantitative estimate of drug-likeness (QED) is 0.446. The molecule has 0 aliphatic heterocycles. The molecule has 2 rings (SSSR count). The summed E-state index contributed by atoms with van der Waals surface area (Å²) in [5.74, 6) is 0. The normalized spacial score (nSPS) is 14.6. The first kappa shape index (κ1) is 12.9. The molecular formula is C10H10BrN3O4. The van der Waals surface area contributed by atoms with E-state index in [0.717, 1.165) is 0 Å². The average Bonchev–Trinajstić information content (AvgIpc) is 2.83. The van der Waals surface area contributed by atoms with E-state index in [1.165, 1.54) is 18.3 Å². The summed E-state index contributed by atoms with van der Waals surface area (Å²) in [5.41, 5.74) is 0.558. The predicted octanol–water partition coefficient (Wildman–Crippen LogP) is 1.26. The van der Waals surface area contributed by atoms with Gasteiger partial charge in [0.25, 0.3) is 5.69 Å². The van der Waals surface area contributed by atoms with Crippen LogP contribution in [0.4, 0.5) is 5.69 Å². The molecule has 2 unspecified atom stereocenters. The molecule has 96 valence electrons. The lowest BCUT2D eigenvalue weighted by molar-refractivity contribution is -0.383. The van der Waals surface area contributed by atoms with E-state index in [2.05, 4.69) is 26.1 Å². The monoisotopic (exact) mass is 315 g/mol. The minimum absolute atomic E-state index is 0.155. The Morgan fingerprint density at radius 2 is 2.22 bits per heavy atom. The molecule has 0 radical (unpaired) electrons. The van der Waals surface area contributed by atoms with Crippen LogP contribution < -0.4 is 0 Å². The number of aromatic nitrogens is 2. The van der Waals surface area contributed by atoms with Gasteiger partial charge >= 0.3 is 0 Å². The zero-order valence-corrected chi connectivity index (χ0v) is 10.7. The Morgan fingerprint density at radius 3 is 2.83 bits per heavy atom. The van der Waals surface area contributed by atoms with Gasteiger partial charge in [-0.15, -0.1) is 0 Å². The molecular weight excluding hydrogens is 306 g/mol. The van der Waals surface area contributed by atoms with Crippen LogP contribution in [0.15, 0.2) is 18.3 Å². The molecule has 0 aliphatic carbocycles. The van der Waals surface area contributed by atoms with Crippen LogP contribution in [0.3, 0.4) is 0 Å². The number of rotatable bonds is 4. The second-order valence-corrected chi connectivity index (χ2v) is 4.44. The van der Waals surface area contributed by atoms with Crippen molar-refractivity contribution < 1.29 is 15.1 Å². The van der Waals surface area contributed by atoms with Crippen LogP contribution in [-0.4, -0.2) is 36.8 Å². The van der Waals surface area contributed by atoms with E-state index < -0.39 is 17.1 Å². The lowest BCUT2D eigenvalue weighted by Gasteiger charge is -2.15. The van der Waals surface area contributed by atoms with Gasteiger partial charge in [-0.25, -0.2) is 0 Å². The smallest absolute Gasteiger partial charge is 0.280 e. The summed E-state index contributed by atoms with van der Waals surface area (Å²) < 4.78 is 0. The number of nitro benzene ring substituents is 1. The predicted molar refractivity (Wildman–Crippen MR) is 67.5 cm³/mol. The van der Waals surface area contributed by atoms with E-state index in [-0.39, 0.29) is 16.6 Å². The first-order chi connectivity index (χ1) is 8.54. The topological polar surface area (TPSA) is 112 Å². The number of nitro groups is 1. The van der Waals surface area contributed by atoms with Gasteiger partial charge in [0, 0.05) is 11.4 Å². The number of aromatic amines is 1. The Morgan fingerprint density at radius 1 is 1.50 bits per heavy atom. The van der Waals surface area contributed by atoms with Gasteiger partial charge in [-0.2, -0.15) is 5.10 Å². The van der Waals surface area contributed by atoms with Gasteiger partial charge in [0.1, 0.15) is 6.10 Å². The number of nitrogens with zero attached hydrogens (tertiary/aromatic N) is 2. The van der Waals surface area contributed by atoms with Crippen LogP contribution in [-0.2, 0) is 0 Å². The van der Waals surface area contributed by atoms with Crippen molar-refractivity contribution in [1.82, 2.24) is 10.2 Å². The molecule has 0 saturated carbocycles. The number of nitrogens with one attached hydrogen (secondary N) is 1. The zero-order valence-electron chi connectivity index (χ0n) is 9.08. The molecule has 18 heavy (non-hydrogen) atoms. The number of non-ortho nitro benzene ring substituents is 1. The molecule has 1 aromatic heterocycles. The van der Waals surface area contributed by atoms with Crippen molar-refractivity contribution in [3.05, 3.63) is 34.0 Å². The Balaban J connectivity index is 2.55. The average molecular weight is 316 g/mol. The van der Waals surface area contributed by atoms with Crippen LogP contribution in [0, 0.1) is 10.1 Å². The van der Waals surface area contributed by atoms with Crippen molar-refractivity contribution in [2.24, 2.45) is 0 Å². The van der Waals surface area contributed by atoms with Crippen LogP contribution in [0.25, 0.3) is 10.9 Å². The third-order valence-electron chi connectivity index (χ3n) is 2.62. The third-order valence-corrected chi connectivity index (χ3v) is 3.28. The number of halogens is 1. The number of aliphatic hydroxyl groups is 2. The van der Waals surface area contributed by atoms with Gasteiger partial charge in [-0.05, 0) is 11.6 Å². The second-order valence-electron chi connectivity index (χ2n) is 3.79. The second kappa shape index (κ2) is 5.01. The Labute approximate surface area is 110 Å². The summed E-state index contributed by atoms with van der Waals surface area (Å²) in [6, 6.07) is 2.78. The van der Waals surface area contributed by atoms with Crippen LogP contribution in [0.2, 0.25) is 0 Å². The number of fused-ring (bicyclic) bond motifs is 1. The number of benzene rings is 1. The number of alkyl halides is 1. The van der Waals surface area contributed by atoms with Crippen molar-refractivity contribution in [2.45, 2.75) is 12.2 Å². The first-order valence-electron chi connectivity index (χ1n) is 5.08. The van der Waals surface area contributed by atoms with E-state index >= 15 is 0 Å². The van der Waals surface area contributed by atoms with Gasteiger partial charge in [0.2, 0.25) is 0 Å². The van der Waals surface area contributed by atoms with E-state index in [4.69, 9.17) is 0 Å². The molecule has 8 heteroatoms. The standard InChI is InChI=1S/C10H10BrN3O4/c11-3-9(15)10(16)5-1-7-6(4-12-13-7)8(2-5)14(17)18/h1-2,4,9-10,15-16H,3H2,(H,12,13). The summed E-state index contributed by atoms with van der Waals surface area (Å²) in [6.45, 7) is 0. The van der Waals surface area contributed by atoms with Crippen molar-refractivity contribution in [1.29, 1.82) is 0 Å². The van der Waals surface area contributed by atoms with Gasteiger partial charge in [-0.1, -0.05) is 15.9 Å². The largest absolute Gasteiger partial charge is 0.389 e.